The van der Waals surface area contributed by atoms with E-state index in [1.54, 1.807) is 36.1 Å². The number of ether oxygens (including phenoxy) is 1. The fraction of sp³-hybridized carbons (Fsp3) is 0.276. The number of hydrazone groups is 1. The number of nitrogens with zero attached hydrogens (tertiary/aromatic N) is 2. The number of hydrogen-bond acceptors (Lipinski definition) is 4. The van der Waals surface area contributed by atoms with Gasteiger partial charge in [0.1, 0.15) is 5.75 Å². The first kappa shape index (κ1) is 25.0. The van der Waals surface area contributed by atoms with Crippen LogP contribution in [0.4, 0.5) is 5.69 Å². The van der Waals surface area contributed by atoms with Gasteiger partial charge in [0.2, 0.25) is 12.3 Å². The van der Waals surface area contributed by atoms with Crippen LogP contribution in [0.2, 0.25) is 0 Å². The minimum absolute atomic E-state index is 0.265. The third-order valence-corrected chi connectivity index (χ3v) is 6.50. The molecule has 1 aliphatic heterocycles. The Balaban J connectivity index is 1.65. The van der Waals surface area contributed by atoms with Crippen LogP contribution in [0.25, 0.3) is 0 Å². The zero-order valence-electron chi connectivity index (χ0n) is 21.2. The molecule has 2 amide bonds. The van der Waals surface area contributed by atoms with Crippen molar-refractivity contribution in [2.24, 2.45) is 0 Å². The second-order valence-corrected chi connectivity index (χ2v) is 8.81. The number of anilines is 1. The standard InChI is InChI=1S/C29H32N4O3/c1-5-32(6-2)24-15-9-21(10-16-24)19-33-27(22-11-7-20(3)8-12-22)26(29(35)31-33)30-28(34)23-13-17-25(36-4)18-14-23/h7-19,26-27H,5-6H2,1-4H3,(H-,30,31,34,35)/p+1/t26-,27-/m1/s1. The van der Waals surface area contributed by atoms with E-state index in [2.05, 4.69) is 41.6 Å². The highest BCUT2D eigenvalue weighted by Gasteiger charge is 2.47. The van der Waals surface area contributed by atoms with Crippen LogP contribution >= 0.6 is 0 Å². The summed E-state index contributed by atoms with van der Waals surface area (Å²) in [6.45, 7) is 8.16. The maximum Gasteiger partial charge on any atom is 0.304 e. The summed E-state index contributed by atoms with van der Waals surface area (Å²) in [7, 11) is 1.58. The number of carbonyl (C=O) groups is 2. The molecule has 1 heterocycles. The quantitative estimate of drug-likeness (QED) is 0.475. The first-order valence-electron chi connectivity index (χ1n) is 12.2. The third kappa shape index (κ3) is 5.40. The van der Waals surface area contributed by atoms with E-state index in [9.17, 15) is 9.59 Å². The summed E-state index contributed by atoms with van der Waals surface area (Å²) in [6.07, 6.45) is 1.91. The SMILES string of the molecule is CCN(CC)c1ccc(/C=[N+]2\NC(=O)[C@H](NC(=O)c3ccc(OC)cc3)[C@H]2c2ccc(C)cc2)cc1. The molecule has 1 fully saturated rings. The van der Waals surface area contributed by atoms with Crippen molar-refractivity contribution < 1.29 is 19.0 Å². The summed E-state index contributed by atoms with van der Waals surface area (Å²) in [5.41, 5.74) is 7.56. The van der Waals surface area contributed by atoms with Gasteiger partial charge in [-0.05, 0) is 69.3 Å². The zero-order valence-corrected chi connectivity index (χ0v) is 21.2. The molecular weight excluding hydrogens is 452 g/mol. The Morgan fingerprint density at radius 3 is 2.22 bits per heavy atom. The largest absolute Gasteiger partial charge is 0.497 e. The van der Waals surface area contributed by atoms with E-state index in [0.717, 1.165) is 35.5 Å². The van der Waals surface area contributed by atoms with Crippen molar-refractivity contribution in [3.63, 3.8) is 0 Å². The minimum Gasteiger partial charge on any atom is -0.497 e. The van der Waals surface area contributed by atoms with Gasteiger partial charge in [0.05, 0.1) is 7.11 Å². The Labute approximate surface area is 212 Å². The Kier molecular flexibility index (Phi) is 7.68. The van der Waals surface area contributed by atoms with Crippen LogP contribution in [-0.2, 0) is 4.79 Å². The number of nitrogens with one attached hydrogen (secondary N) is 2. The third-order valence-electron chi connectivity index (χ3n) is 6.50. The van der Waals surface area contributed by atoms with Gasteiger partial charge in [0.15, 0.2) is 6.04 Å². The zero-order chi connectivity index (χ0) is 25.7. The van der Waals surface area contributed by atoms with Crippen LogP contribution < -0.4 is 20.4 Å². The van der Waals surface area contributed by atoms with E-state index in [-0.39, 0.29) is 11.8 Å². The van der Waals surface area contributed by atoms with Crippen LogP contribution in [0.5, 0.6) is 5.75 Å². The molecule has 0 unspecified atom stereocenters. The van der Waals surface area contributed by atoms with E-state index in [4.69, 9.17) is 4.74 Å². The molecule has 36 heavy (non-hydrogen) atoms. The monoisotopic (exact) mass is 485 g/mol. The lowest BCUT2D eigenvalue weighted by atomic mass is 9.98. The lowest BCUT2D eigenvalue weighted by Gasteiger charge is -2.20. The van der Waals surface area contributed by atoms with E-state index in [1.807, 2.05) is 49.5 Å². The first-order valence-corrected chi connectivity index (χ1v) is 12.2. The van der Waals surface area contributed by atoms with Crippen molar-refractivity contribution in [2.45, 2.75) is 32.9 Å². The topological polar surface area (TPSA) is 73.7 Å². The summed E-state index contributed by atoms with van der Waals surface area (Å²) in [4.78, 5) is 28.4. The first-order chi connectivity index (χ1) is 17.4. The molecule has 4 rings (SSSR count). The molecular formula is C29H33N4O3+. The second kappa shape index (κ2) is 11.1. The maximum absolute atomic E-state index is 13.1. The van der Waals surface area contributed by atoms with Crippen LogP contribution in [0.3, 0.4) is 0 Å². The molecule has 0 aliphatic carbocycles. The Morgan fingerprint density at radius 2 is 1.64 bits per heavy atom. The molecule has 1 saturated heterocycles. The average Bonchev–Trinajstić information content (AvgIpc) is 3.20. The lowest BCUT2D eigenvalue weighted by molar-refractivity contribution is -0.596. The molecule has 0 aromatic heterocycles. The van der Waals surface area contributed by atoms with Crippen LogP contribution in [-0.4, -0.2) is 49.0 Å². The summed E-state index contributed by atoms with van der Waals surface area (Å²) >= 11 is 0. The van der Waals surface area contributed by atoms with Crippen LogP contribution in [0.15, 0.2) is 72.8 Å². The summed E-state index contributed by atoms with van der Waals surface area (Å²) in [6, 6.07) is 21.9. The Bertz CT molecular complexity index is 1230. The molecule has 0 saturated carbocycles. The van der Waals surface area contributed by atoms with Crippen molar-refractivity contribution in [2.75, 3.05) is 25.1 Å². The molecule has 2 atom stereocenters. The van der Waals surface area contributed by atoms with Gasteiger partial charge in [-0.25, -0.2) is 0 Å². The van der Waals surface area contributed by atoms with E-state index in [0.29, 0.717) is 11.3 Å². The summed E-state index contributed by atoms with van der Waals surface area (Å²) < 4.78 is 6.97. The lowest BCUT2D eigenvalue weighted by Crippen LogP contribution is -2.42. The van der Waals surface area contributed by atoms with E-state index < -0.39 is 12.1 Å². The van der Waals surface area contributed by atoms with Gasteiger partial charge in [-0.3, -0.25) is 9.59 Å². The van der Waals surface area contributed by atoms with E-state index >= 15 is 0 Å². The van der Waals surface area contributed by atoms with Gasteiger partial charge < -0.3 is 15.0 Å². The summed E-state index contributed by atoms with van der Waals surface area (Å²) in [5.74, 6) is 0.0780. The molecule has 2 N–H and O–H groups in total. The Morgan fingerprint density at radius 1 is 1.00 bits per heavy atom. The number of hydrazine groups is 1. The minimum atomic E-state index is -0.770. The van der Waals surface area contributed by atoms with Gasteiger partial charge in [0, 0.05) is 35.5 Å². The smallest absolute Gasteiger partial charge is 0.304 e. The average molecular weight is 486 g/mol. The van der Waals surface area contributed by atoms with Gasteiger partial charge in [-0.1, -0.05) is 29.8 Å². The number of carbonyl (C=O) groups excluding carboxylic acids is 2. The van der Waals surface area contributed by atoms with Crippen LogP contribution in [0, 0.1) is 6.92 Å². The molecule has 7 heteroatoms. The van der Waals surface area contributed by atoms with Gasteiger partial charge in [-0.15, -0.1) is 10.1 Å². The molecule has 3 aromatic carbocycles. The number of rotatable bonds is 8. The molecule has 3 aromatic rings. The number of benzene rings is 3. The van der Waals surface area contributed by atoms with Gasteiger partial charge in [0.25, 0.3) is 5.91 Å². The molecule has 0 spiro atoms. The molecule has 0 radical (unpaired) electrons. The number of amides is 2. The highest BCUT2D eigenvalue weighted by atomic mass is 16.5. The van der Waals surface area contributed by atoms with E-state index in [1.165, 1.54) is 0 Å². The molecule has 1 aliphatic rings. The van der Waals surface area contributed by atoms with Crippen molar-refractivity contribution in [3.05, 3.63) is 95.1 Å². The number of hydrogen-bond donors (Lipinski definition) is 2. The van der Waals surface area contributed by atoms with Crippen molar-refractivity contribution in [1.82, 2.24) is 10.7 Å². The van der Waals surface area contributed by atoms with Crippen molar-refractivity contribution in [1.29, 1.82) is 0 Å². The molecule has 7 nitrogen and oxygen atoms in total. The van der Waals surface area contributed by atoms with Crippen molar-refractivity contribution in [3.8, 4) is 5.75 Å². The highest BCUT2D eigenvalue weighted by molar-refractivity contribution is 5.98. The predicted octanol–water partition coefficient (Wildman–Crippen LogP) is 3.87. The fourth-order valence-corrected chi connectivity index (χ4v) is 4.43. The number of methoxy groups -OCH3 is 1. The summed E-state index contributed by atoms with van der Waals surface area (Å²) in [5, 5.41) is 2.94. The highest BCUT2D eigenvalue weighted by Crippen LogP contribution is 2.26. The fourth-order valence-electron chi connectivity index (χ4n) is 4.43. The van der Waals surface area contributed by atoms with Gasteiger partial charge >= 0.3 is 5.91 Å². The predicted molar refractivity (Wildman–Crippen MR) is 142 cm³/mol. The van der Waals surface area contributed by atoms with Crippen LogP contribution in [0.1, 0.15) is 46.9 Å². The number of aryl methyl sites for hydroxylation is 1. The van der Waals surface area contributed by atoms with Gasteiger partial charge in [-0.2, -0.15) is 0 Å². The molecule has 186 valence electrons. The Hall–Kier alpha value is -4.13. The maximum atomic E-state index is 13.1. The molecule has 0 bridgehead atoms. The second-order valence-electron chi connectivity index (χ2n) is 8.81. The van der Waals surface area contributed by atoms with Crippen molar-refractivity contribution >= 4 is 23.7 Å². The normalized spacial score (nSPS) is 18.1.